The first-order valence-electron chi connectivity index (χ1n) is 10.00. The SMILES string of the molecule is O=C(NCC1CCN(Cc2cccs2)CC1)[C@@]12CCCC[C@H]1CNC2. The van der Waals surface area contributed by atoms with Crippen LogP contribution >= 0.6 is 11.3 Å². The molecular weight excluding hydrogens is 330 g/mol. The Balaban J connectivity index is 1.23. The molecule has 1 aromatic rings. The molecule has 4 rings (SSSR count). The fraction of sp³-hybridized carbons (Fsp3) is 0.750. The minimum absolute atomic E-state index is 0.0991. The summed E-state index contributed by atoms with van der Waals surface area (Å²) in [6, 6.07) is 4.37. The molecule has 0 bridgehead atoms. The first kappa shape index (κ1) is 17.5. The minimum Gasteiger partial charge on any atom is -0.355 e. The molecule has 0 spiro atoms. The summed E-state index contributed by atoms with van der Waals surface area (Å²) in [5.41, 5.74) is -0.0991. The van der Waals surface area contributed by atoms with Gasteiger partial charge in [0.1, 0.15) is 0 Å². The maximum Gasteiger partial charge on any atom is 0.227 e. The quantitative estimate of drug-likeness (QED) is 0.848. The smallest absolute Gasteiger partial charge is 0.227 e. The second-order valence-corrected chi connectivity index (χ2v) is 9.27. The average Bonchev–Trinajstić information content (AvgIpc) is 3.30. The van der Waals surface area contributed by atoms with Crippen LogP contribution in [0.3, 0.4) is 0 Å². The Kier molecular flexibility index (Phi) is 5.44. The standard InChI is InChI=1S/C20H31N3OS/c24-19(20-8-2-1-4-17(20)13-21-15-20)22-12-16-6-9-23(10-7-16)14-18-5-3-11-25-18/h3,5,11,16-17,21H,1-2,4,6-10,12-15H2,(H,22,24)/t17-,20+/m0/s1. The van der Waals surface area contributed by atoms with E-state index < -0.39 is 0 Å². The molecular formula is C20H31N3OS. The number of piperidine rings is 1. The maximum atomic E-state index is 13.0. The molecule has 0 unspecified atom stereocenters. The van der Waals surface area contributed by atoms with Crippen LogP contribution in [0.2, 0.25) is 0 Å². The first-order chi connectivity index (χ1) is 12.3. The number of nitrogens with one attached hydrogen (secondary N) is 2. The van der Waals surface area contributed by atoms with Crippen LogP contribution in [0.4, 0.5) is 0 Å². The molecule has 138 valence electrons. The minimum atomic E-state index is -0.0991. The molecule has 4 nitrogen and oxygen atoms in total. The summed E-state index contributed by atoms with van der Waals surface area (Å²) >= 11 is 1.85. The van der Waals surface area contributed by atoms with Crippen molar-refractivity contribution in [3.8, 4) is 0 Å². The Labute approximate surface area is 155 Å². The van der Waals surface area contributed by atoms with E-state index in [-0.39, 0.29) is 5.41 Å². The third-order valence-electron chi connectivity index (χ3n) is 6.71. The fourth-order valence-electron chi connectivity index (χ4n) is 5.08. The second kappa shape index (κ2) is 7.77. The van der Waals surface area contributed by atoms with Crippen LogP contribution in [0.25, 0.3) is 0 Å². The van der Waals surface area contributed by atoms with Crippen LogP contribution in [-0.4, -0.2) is 43.5 Å². The zero-order valence-corrected chi connectivity index (χ0v) is 16.0. The summed E-state index contributed by atoms with van der Waals surface area (Å²) in [7, 11) is 0. The van der Waals surface area contributed by atoms with Gasteiger partial charge in [-0.05, 0) is 68.6 Å². The highest BCUT2D eigenvalue weighted by Gasteiger charge is 2.49. The van der Waals surface area contributed by atoms with E-state index in [0.717, 1.165) is 45.7 Å². The Bertz CT molecular complexity index is 568. The fourth-order valence-corrected chi connectivity index (χ4v) is 5.82. The molecule has 25 heavy (non-hydrogen) atoms. The van der Waals surface area contributed by atoms with E-state index in [9.17, 15) is 4.79 Å². The maximum absolute atomic E-state index is 13.0. The molecule has 3 aliphatic rings. The molecule has 2 aliphatic heterocycles. The lowest BCUT2D eigenvalue weighted by Crippen LogP contribution is -2.49. The van der Waals surface area contributed by atoms with Crippen molar-refractivity contribution in [1.82, 2.24) is 15.5 Å². The van der Waals surface area contributed by atoms with Gasteiger partial charge in [0.25, 0.3) is 0 Å². The van der Waals surface area contributed by atoms with Crippen LogP contribution in [0.5, 0.6) is 0 Å². The summed E-state index contributed by atoms with van der Waals surface area (Å²) in [6.45, 7) is 6.21. The molecule has 0 aromatic carbocycles. The van der Waals surface area contributed by atoms with E-state index >= 15 is 0 Å². The molecule has 5 heteroatoms. The average molecular weight is 362 g/mol. The molecule has 3 heterocycles. The Morgan fingerprint density at radius 3 is 3.00 bits per heavy atom. The molecule has 2 N–H and O–H groups in total. The van der Waals surface area contributed by atoms with E-state index in [4.69, 9.17) is 0 Å². The van der Waals surface area contributed by atoms with Gasteiger partial charge in [0.2, 0.25) is 5.91 Å². The van der Waals surface area contributed by atoms with Gasteiger partial charge in [0.15, 0.2) is 0 Å². The van der Waals surface area contributed by atoms with Gasteiger partial charge in [0, 0.05) is 24.5 Å². The van der Waals surface area contributed by atoms with Crippen molar-refractivity contribution >= 4 is 17.2 Å². The number of nitrogens with zero attached hydrogens (tertiary/aromatic N) is 1. The van der Waals surface area contributed by atoms with Gasteiger partial charge in [-0.25, -0.2) is 0 Å². The Morgan fingerprint density at radius 2 is 2.20 bits per heavy atom. The van der Waals surface area contributed by atoms with Crippen molar-refractivity contribution < 1.29 is 4.79 Å². The lowest BCUT2D eigenvalue weighted by Gasteiger charge is -2.38. The molecule has 0 radical (unpaired) electrons. The van der Waals surface area contributed by atoms with Crippen molar-refractivity contribution in [2.45, 2.75) is 45.1 Å². The number of likely N-dealkylation sites (tertiary alicyclic amines) is 1. The lowest BCUT2D eigenvalue weighted by atomic mass is 9.67. The summed E-state index contributed by atoms with van der Waals surface area (Å²) in [6.07, 6.45) is 7.23. The summed E-state index contributed by atoms with van der Waals surface area (Å²) in [4.78, 5) is 17.0. The molecule has 1 aromatic heterocycles. The van der Waals surface area contributed by atoms with Gasteiger partial charge in [-0.15, -0.1) is 11.3 Å². The van der Waals surface area contributed by atoms with Crippen molar-refractivity contribution in [3.63, 3.8) is 0 Å². The Morgan fingerprint density at radius 1 is 1.32 bits per heavy atom. The summed E-state index contributed by atoms with van der Waals surface area (Å²) in [5, 5.41) is 8.99. The summed E-state index contributed by atoms with van der Waals surface area (Å²) in [5.74, 6) is 1.55. The van der Waals surface area contributed by atoms with Crippen LogP contribution in [-0.2, 0) is 11.3 Å². The van der Waals surface area contributed by atoms with Crippen LogP contribution in [0.1, 0.15) is 43.4 Å². The van der Waals surface area contributed by atoms with Crippen molar-refractivity contribution in [2.75, 3.05) is 32.7 Å². The van der Waals surface area contributed by atoms with Gasteiger partial charge in [-0.3, -0.25) is 9.69 Å². The van der Waals surface area contributed by atoms with E-state index in [1.165, 1.54) is 37.0 Å². The number of fused-ring (bicyclic) bond motifs is 1. The summed E-state index contributed by atoms with van der Waals surface area (Å²) < 4.78 is 0. The van der Waals surface area contributed by atoms with Gasteiger partial charge < -0.3 is 10.6 Å². The molecule has 1 aliphatic carbocycles. The van der Waals surface area contributed by atoms with Gasteiger partial charge in [-0.2, -0.15) is 0 Å². The topological polar surface area (TPSA) is 44.4 Å². The van der Waals surface area contributed by atoms with Crippen LogP contribution in [0.15, 0.2) is 17.5 Å². The molecule has 1 saturated carbocycles. The van der Waals surface area contributed by atoms with E-state index in [2.05, 4.69) is 33.0 Å². The predicted octanol–water partition coefficient (Wildman–Crippen LogP) is 2.86. The number of hydrogen-bond acceptors (Lipinski definition) is 4. The second-order valence-electron chi connectivity index (χ2n) is 8.24. The number of thiophene rings is 1. The highest BCUT2D eigenvalue weighted by molar-refractivity contribution is 7.09. The normalized spacial score (nSPS) is 31.0. The molecule has 2 atom stereocenters. The number of rotatable bonds is 5. The Hall–Kier alpha value is -0.910. The lowest BCUT2D eigenvalue weighted by molar-refractivity contribution is -0.134. The first-order valence-corrected chi connectivity index (χ1v) is 10.9. The van der Waals surface area contributed by atoms with Gasteiger partial charge >= 0.3 is 0 Å². The zero-order valence-electron chi connectivity index (χ0n) is 15.1. The molecule has 2 saturated heterocycles. The number of hydrogen-bond donors (Lipinski definition) is 2. The van der Waals surface area contributed by atoms with E-state index in [0.29, 0.717) is 17.7 Å². The predicted molar refractivity (Wildman–Crippen MR) is 103 cm³/mol. The monoisotopic (exact) mass is 361 g/mol. The largest absolute Gasteiger partial charge is 0.355 e. The van der Waals surface area contributed by atoms with Gasteiger partial charge in [-0.1, -0.05) is 18.9 Å². The van der Waals surface area contributed by atoms with Crippen molar-refractivity contribution in [3.05, 3.63) is 22.4 Å². The highest BCUT2D eigenvalue weighted by Crippen LogP contribution is 2.43. The number of carbonyl (C=O) groups is 1. The van der Waals surface area contributed by atoms with Crippen LogP contribution in [0, 0.1) is 17.3 Å². The van der Waals surface area contributed by atoms with Crippen molar-refractivity contribution in [2.24, 2.45) is 17.3 Å². The number of amides is 1. The zero-order chi connectivity index (χ0) is 17.1. The highest BCUT2D eigenvalue weighted by atomic mass is 32.1. The van der Waals surface area contributed by atoms with E-state index in [1.54, 1.807) is 0 Å². The molecule has 3 fully saturated rings. The number of carbonyl (C=O) groups excluding carboxylic acids is 1. The van der Waals surface area contributed by atoms with Gasteiger partial charge in [0.05, 0.1) is 5.41 Å². The third kappa shape index (κ3) is 3.79. The van der Waals surface area contributed by atoms with Crippen molar-refractivity contribution in [1.29, 1.82) is 0 Å². The third-order valence-corrected chi connectivity index (χ3v) is 7.57. The molecule has 1 amide bonds. The van der Waals surface area contributed by atoms with E-state index in [1.807, 2.05) is 11.3 Å². The van der Waals surface area contributed by atoms with Crippen LogP contribution < -0.4 is 10.6 Å².